The van der Waals surface area contributed by atoms with Crippen LogP contribution in [0.4, 0.5) is 0 Å². The molecule has 1 fully saturated rings. The SMILES string of the molecule is CCCC1CCC(CNC)(OCc2ccccc2Br)CC1. The molecular weight excluding hydrogens is 326 g/mol. The van der Waals surface area contributed by atoms with Crippen LogP contribution in [-0.2, 0) is 11.3 Å². The summed E-state index contributed by atoms with van der Waals surface area (Å²) in [6.45, 7) is 3.94. The van der Waals surface area contributed by atoms with Crippen molar-refractivity contribution in [3.63, 3.8) is 0 Å². The molecule has 0 heterocycles. The van der Waals surface area contributed by atoms with Crippen molar-refractivity contribution in [1.82, 2.24) is 5.32 Å². The molecule has 0 aromatic heterocycles. The highest BCUT2D eigenvalue weighted by atomic mass is 79.9. The molecule has 1 aliphatic rings. The molecule has 1 aromatic carbocycles. The molecule has 1 N–H and O–H groups in total. The van der Waals surface area contributed by atoms with Gasteiger partial charge >= 0.3 is 0 Å². The van der Waals surface area contributed by atoms with Crippen molar-refractivity contribution >= 4 is 15.9 Å². The first-order valence-corrected chi connectivity index (χ1v) is 9.00. The van der Waals surface area contributed by atoms with Crippen molar-refractivity contribution in [1.29, 1.82) is 0 Å². The van der Waals surface area contributed by atoms with Crippen LogP contribution in [0.15, 0.2) is 28.7 Å². The Morgan fingerprint density at radius 2 is 2.00 bits per heavy atom. The Morgan fingerprint density at radius 1 is 1.29 bits per heavy atom. The van der Waals surface area contributed by atoms with Gasteiger partial charge < -0.3 is 10.1 Å². The maximum atomic E-state index is 6.41. The summed E-state index contributed by atoms with van der Waals surface area (Å²) < 4.78 is 7.55. The maximum Gasteiger partial charge on any atom is 0.0810 e. The Bertz CT molecular complexity index is 427. The first kappa shape index (κ1) is 17.0. The van der Waals surface area contributed by atoms with Gasteiger partial charge in [-0.3, -0.25) is 0 Å². The molecule has 2 nitrogen and oxygen atoms in total. The van der Waals surface area contributed by atoms with E-state index in [9.17, 15) is 0 Å². The van der Waals surface area contributed by atoms with Gasteiger partial charge in [0.2, 0.25) is 0 Å². The van der Waals surface area contributed by atoms with Crippen LogP contribution < -0.4 is 5.32 Å². The summed E-state index contributed by atoms with van der Waals surface area (Å²) in [5, 5.41) is 3.34. The molecule has 0 aliphatic heterocycles. The lowest BCUT2D eigenvalue weighted by Gasteiger charge is -2.40. The number of rotatable bonds is 7. The largest absolute Gasteiger partial charge is 0.369 e. The molecule has 118 valence electrons. The van der Waals surface area contributed by atoms with Crippen molar-refractivity contribution in [2.75, 3.05) is 13.6 Å². The molecule has 1 aliphatic carbocycles. The van der Waals surface area contributed by atoms with Crippen LogP contribution in [-0.4, -0.2) is 19.2 Å². The summed E-state index contributed by atoms with van der Waals surface area (Å²) in [6, 6.07) is 8.35. The molecule has 0 spiro atoms. The highest BCUT2D eigenvalue weighted by molar-refractivity contribution is 9.10. The molecule has 0 unspecified atom stereocenters. The third-order valence-electron chi connectivity index (χ3n) is 4.70. The van der Waals surface area contributed by atoms with Crippen molar-refractivity contribution < 1.29 is 4.74 Å². The van der Waals surface area contributed by atoms with Gasteiger partial charge in [0.25, 0.3) is 0 Å². The van der Waals surface area contributed by atoms with Gasteiger partial charge in [0.05, 0.1) is 12.2 Å². The molecule has 0 saturated heterocycles. The van der Waals surface area contributed by atoms with Gasteiger partial charge in [-0.1, -0.05) is 53.9 Å². The molecule has 0 radical (unpaired) electrons. The van der Waals surface area contributed by atoms with Crippen LogP contribution in [0.5, 0.6) is 0 Å². The van der Waals surface area contributed by atoms with E-state index in [0.717, 1.165) is 16.9 Å². The van der Waals surface area contributed by atoms with E-state index >= 15 is 0 Å². The number of halogens is 1. The molecule has 21 heavy (non-hydrogen) atoms. The summed E-state index contributed by atoms with van der Waals surface area (Å²) >= 11 is 3.61. The fourth-order valence-electron chi connectivity index (χ4n) is 3.44. The molecule has 2 rings (SSSR count). The number of ether oxygens (including phenoxy) is 1. The Morgan fingerprint density at radius 3 is 2.62 bits per heavy atom. The van der Waals surface area contributed by atoms with Gasteiger partial charge in [-0.2, -0.15) is 0 Å². The van der Waals surface area contributed by atoms with Crippen molar-refractivity contribution in [3.8, 4) is 0 Å². The van der Waals surface area contributed by atoms with Gasteiger partial charge in [-0.25, -0.2) is 0 Å². The van der Waals surface area contributed by atoms with Gasteiger partial charge in [0.1, 0.15) is 0 Å². The quantitative estimate of drug-likeness (QED) is 0.751. The minimum absolute atomic E-state index is 0.0221. The van der Waals surface area contributed by atoms with Crippen LogP contribution in [0.3, 0.4) is 0 Å². The van der Waals surface area contributed by atoms with E-state index in [1.807, 2.05) is 13.1 Å². The van der Waals surface area contributed by atoms with Gasteiger partial charge in [0.15, 0.2) is 0 Å². The summed E-state index contributed by atoms with van der Waals surface area (Å²) in [6.07, 6.45) is 7.67. The van der Waals surface area contributed by atoms with E-state index in [1.165, 1.54) is 44.1 Å². The van der Waals surface area contributed by atoms with Crippen molar-refractivity contribution in [2.24, 2.45) is 5.92 Å². The van der Waals surface area contributed by atoms with Crippen LogP contribution in [0.1, 0.15) is 51.0 Å². The van der Waals surface area contributed by atoms with E-state index < -0.39 is 0 Å². The van der Waals surface area contributed by atoms with Crippen LogP contribution >= 0.6 is 15.9 Å². The van der Waals surface area contributed by atoms with Crippen LogP contribution in [0, 0.1) is 5.92 Å². The monoisotopic (exact) mass is 353 g/mol. The molecule has 0 amide bonds. The Kier molecular flexibility index (Phi) is 6.72. The maximum absolute atomic E-state index is 6.41. The highest BCUT2D eigenvalue weighted by Crippen LogP contribution is 2.37. The standard InChI is InChI=1S/C18H28BrNO/c1-3-6-15-9-11-18(12-10-15,14-20-2)21-13-16-7-4-5-8-17(16)19/h4-5,7-8,15,20H,3,6,9-14H2,1-2H3. The van der Waals surface area contributed by atoms with Gasteiger partial charge in [-0.15, -0.1) is 0 Å². The molecule has 0 bridgehead atoms. The zero-order valence-electron chi connectivity index (χ0n) is 13.3. The molecule has 1 aromatic rings. The fraction of sp³-hybridized carbons (Fsp3) is 0.667. The lowest BCUT2D eigenvalue weighted by molar-refractivity contribution is -0.0858. The summed E-state index contributed by atoms with van der Waals surface area (Å²) in [4.78, 5) is 0. The van der Waals surface area contributed by atoms with Gasteiger partial charge in [-0.05, 0) is 50.3 Å². The summed E-state index contributed by atoms with van der Waals surface area (Å²) in [5.74, 6) is 0.909. The minimum atomic E-state index is 0.0221. The molecule has 1 saturated carbocycles. The minimum Gasteiger partial charge on any atom is -0.369 e. The predicted molar refractivity (Wildman–Crippen MR) is 92.5 cm³/mol. The van der Waals surface area contributed by atoms with Gasteiger partial charge in [0, 0.05) is 11.0 Å². The fourth-order valence-corrected chi connectivity index (χ4v) is 3.84. The van der Waals surface area contributed by atoms with Crippen molar-refractivity contribution in [3.05, 3.63) is 34.3 Å². The Balaban J connectivity index is 1.95. The van der Waals surface area contributed by atoms with Crippen LogP contribution in [0.2, 0.25) is 0 Å². The lowest BCUT2D eigenvalue weighted by Crippen LogP contribution is -2.45. The second-order valence-corrected chi connectivity index (χ2v) is 7.18. The third-order valence-corrected chi connectivity index (χ3v) is 5.48. The predicted octanol–water partition coefficient (Wildman–Crippen LogP) is 4.91. The number of nitrogens with one attached hydrogen (secondary N) is 1. The van der Waals surface area contributed by atoms with E-state index in [4.69, 9.17) is 4.74 Å². The normalized spacial score (nSPS) is 26.0. The lowest BCUT2D eigenvalue weighted by atomic mass is 9.77. The summed E-state index contributed by atoms with van der Waals surface area (Å²) in [7, 11) is 2.03. The van der Waals surface area contributed by atoms with E-state index in [-0.39, 0.29) is 5.60 Å². The smallest absolute Gasteiger partial charge is 0.0810 e. The number of likely N-dealkylation sites (N-methyl/N-ethyl adjacent to an activating group) is 1. The number of hydrogen-bond acceptors (Lipinski definition) is 2. The first-order chi connectivity index (χ1) is 10.2. The molecular formula is C18H28BrNO. The second-order valence-electron chi connectivity index (χ2n) is 6.33. The molecule has 0 atom stereocenters. The van der Waals surface area contributed by atoms with E-state index in [0.29, 0.717) is 6.61 Å². The zero-order valence-corrected chi connectivity index (χ0v) is 14.9. The summed E-state index contributed by atoms with van der Waals surface area (Å²) in [5.41, 5.74) is 1.26. The average Bonchev–Trinajstić information content (AvgIpc) is 2.50. The third kappa shape index (κ3) is 4.80. The van der Waals surface area contributed by atoms with Crippen molar-refractivity contribution in [2.45, 2.75) is 57.7 Å². The topological polar surface area (TPSA) is 21.3 Å². The number of hydrogen-bond donors (Lipinski definition) is 1. The highest BCUT2D eigenvalue weighted by Gasteiger charge is 2.35. The number of benzene rings is 1. The van der Waals surface area contributed by atoms with E-state index in [1.54, 1.807) is 0 Å². The molecule has 3 heteroatoms. The van der Waals surface area contributed by atoms with E-state index in [2.05, 4.69) is 46.4 Å². The second kappa shape index (κ2) is 8.30. The Labute approximate surface area is 137 Å². The Hall–Kier alpha value is -0.380. The zero-order chi connectivity index (χ0) is 15.1. The first-order valence-electron chi connectivity index (χ1n) is 8.21. The van der Waals surface area contributed by atoms with Crippen LogP contribution in [0.25, 0.3) is 0 Å². The average molecular weight is 354 g/mol.